The van der Waals surface area contributed by atoms with E-state index in [-0.39, 0.29) is 18.0 Å². The van der Waals surface area contributed by atoms with Crippen LogP contribution in [0.2, 0.25) is 0 Å². The fourth-order valence-corrected chi connectivity index (χ4v) is 1.52. The lowest BCUT2D eigenvalue weighted by Gasteiger charge is -2.28. The Labute approximate surface area is 103 Å². The van der Waals surface area contributed by atoms with Crippen molar-refractivity contribution in [2.45, 2.75) is 52.1 Å². The number of likely N-dealkylation sites (N-methyl/N-ethyl adjacent to an activating group) is 1. The fourth-order valence-electron chi connectivity index (χ4n) is 1.52. The van der Waals surface area contributed by atoms with Gasteiger partial charge in [-0.1, -0.05) is 13.8 Å². The molecule has 0 aromatic heterocycles. The molecule has 0 fully saturated rings. The molecule has 0 aromatic rings. The molecule has 100 valence electrons. The molecule has 0 aliphatic heterocycles. The van der Waals surface area contributed by atoms with Gasteiger partial charge in [0.05, 0.1) is 6.54 Å². The second kappa shape index (κ2) is 6.59. The third-order valence-electron chi connectivity index (χ3n) is 2.96. The van der Waals surface area contributed by atoms with E-state index in [0.29, 0.717) is 6.42 Å². The van der Waals surface area contributed by atoms with Crippen LogP contribution in [0.5, 0.6) is 0 Å². The van der Waals surface area contributed by atoms with Gasteiger partial charge < -0.3 is 10.4 Å². The number of carboxylic acid groups (broad SMARTS) is 1. The number of carbonyl (C=O) groups excluding carboxylic acids is 1. The minimum atomic E-state index is -0.891. The quantitative estimate of drug-likeness (QED) is 0.703. The highest BCUT2D eigenvalue weighted by Gasteiger charge is 2.24. The molecule has 0 spiro atoms. The molecule has 0 aliphatic carbocycles. The highest BCUT2D eigenvalue weighted by Crippen LogP contribution is 2.07. The molecule has 5 heteroatoms. The summed E-state index contributed by atoms with van der Waals surface area (Å²) in [4.78, 5) is 24.2. The van der Waals surface area contributed by atoms with Crippen molar-refractivity contribution in [2.75, 3.05) is 13.6 Å². The lowest BCUT2D eigenvalue weighted by Crippen LogP contribution is -2.49. The van der Waals surface area contributed by atoms with Crippen LogP contribution in [0.3, 0.4) is 0 Å². The van der Waals surface area contributed by atoms with E-state index in [2.05, 4.69) is 5.32 Å². The molecule has 1 unspecified atom stereocenters. The summed E-state index contributed by atoms with van der Waals surface area (Å²) in [6.07, 6.45) is 1.31. The predicted molar refractivity (Wildman–Crippen MR) is 66.9 cm³/mol. The molecule has 0 saturated carbocycles. The summed E-state index contributed by atoms with van der Waals surface area (Å²) >= 11 is 0. The summed E-state index contributed by atoms with van der Waals surface area (Å²) < 4.78 is 0. The second-order valence-corrected chi connectivity index (χ2v) is 4.96. The van der Waals surface area contributed by atoms with Gasteiger partial charge in [-0.05, 0) is 33.7 Å². The van der Waals surface area contributed by atoms with Crippen molar-refractivity contribution in [1.82, 2.24) is 10.2 Å². The molecule has 0 radical (unpaired) electrons. The van der Waals surface area contributed by atoms with Gasteiger partial charge in [0.1, 0.15) is 6.04 Å². The van der Waals surface area contributed by atoms with Crippen molar-refractivity contribution in [2.24, 2.45) is 0 Å². The molecule has 0 aliphatic rings. The normalized spacial score (nSPS) is 13.5. The topological polar surface area (TPSA) is 69.6 Å². The average Bonchev–Trinajstić information content (AvgIpc) is 2.16. The number of hydrogen-bond donors (Lipinski definition) is 2. The van der Waals surface area contributed by atoms with Crippen LogP contribution in [-0.2, 0) is 9.59 Å². The monoisotopic (exact) mass is 244 g/mol. The van der Waals surface area contributed by atoms with Crippen molar-refractivity contribution in [3.63, 3.8) is 0 Å². The number of hydrogen-bond acceptors (Lipinski definition) is 3. The first kappa shape index (κ1) is 15.9. The van der Waals surface area contributed by atoms with Gasteiger partial charge in [-0.3, -0.25) is 14.5 Å². The molecular weight excluding hydrogens is 220 g/mol. The number of nitrogens with zero attached hydrogens (tertiary/aromatic N) is 1. The molecule has 0 aromatic carbocycles. The Balaban J connectivity index is 4.34. The first-order chi connectivity index (χ1) is 7.73. The largest absolute Gasteiger partial charge is 0.480 e. The lowest BCUT2D eigenvalue weighted by molar-refractivity contribution is -0.143. The predicted octanol–water partition coefficient (Wildman–Crippen LogP) is 1.09. The molecule has 1 amide bonds. The van der Waals surface area contributed by atoms with Crippen LogP contribution >= 0.6 is 0 Å². The molecule has 1 atom stereocenters. The summed E-state index contributed by atoms with van der Waals surface area (Å²) in [5, 5.41) is 11.8. The molecule has 5 nitrogen and oxygen atoms in total. The molecule has 17 heavy (non-hydrogen) atoms. The SMILES string of the molecule is CCC(C(=O)O)N(C)CC(=O)NC(C)(C)CC. The summed E-state index contributed by atoms with van der Waals surface area (Å²) in [7, 11) is 1.65. The van der Waals surface area contributed by atoms with Crippen molar-refractivity contribution < 1.29 is 14.7 Å². The fraction of sp³-hybridized carbons (Fsp3) is 0.833. The maximum absolute atomic E-state index is 11.7. The third-order valence-corrected chi connectivity index (χ3v) is 2.96. The first-order valence-electron chi connectivity index (χ1n) is 5.97. The molecule has 2 N–H and O–H groups in total. The van der Waals surface area contributed by atoms with Gasteiger partial charge in [0, 0.05) is 5.54 Å². The van der Waals surface area contributed by atoms with E-state index in [0.717, 1.165) is 6.42 Å². The Bertz CT molecular complexity index is 277. The van der Waals surface area contributed by atoms with Gasteiger partial charge in [0.15, 0.2) is 0 Å². The Morgan fingerprint density at radius 1 is 1.35 bits per heavy atom. The van der Waals surface area contributed by atoms with Crippen LogP contribution in [0.25, 0.3) is 0 Å². The van der Waals surface area contributed by atoms with Crippen molar-refractivity contribution in [1.29, 1.82) is 0 Å². The Kier molecular flexibility index (Phi) is 6.16. The molecular formula is C12H24N2O3. The van der Waals surface area contributed by atoms with Gasteiger partial charge in [-0.25, -0.2) is 0 Å². The van der Waals surface area contributed by atoms with Gasteiger partial charge in [-0.15, -0.1) is 0 Å². The van der Waals surface area contributed by atoms with Crippen molar-refractivity contribution >= 4 is 11.9 Å². The maximum Gasteiger partial charge on any atom is 0.320 e. The minimum Gasteiger partial charge on any atom is -0.480 e. The summed E-state index contributed by atoms with van der Waals surface area (Å²) in [5.41, 5.74) is -0.247. The number of amides is 1. The van der Waals surface area contributed by atoms with Crippen LogP contribution in [0, 0.1) is 0 Å². The maximum atomic E-state index is 11.7. The molecule has 0 saturated heterocycles. The van der Waals surface area contributed by atoms with Crippen molar-refractivity contribution in [3.05, 3.63) is 0 Å². The van der Waals surface area contributed by atoms with E-state index in [1.165, 1.54) is 0 Å². The number of nitrogens with one attached hydrogen (secondary N) is 1. The van der Waals surface area contributed by atoms with Crippen LogP contribution in [0.15, 0.2) is 0 Å². The van der Waals surface area contributed by atoms with Gasteiger partial charge >= 0.3 is 5.97 Å². The van der Waals surface area contributed by atoms with E-state index in [4.69, 9.17) is 5.11 Å². The van der Waals surface area contributed by atoms with Crippen molar-refractivity contribution in [3.8, 4) is 0 Å². The van der Waals surface area contributed by atoms with E-state index in [1.807, 2.05) is 20.8 Å². The van der Waals surface area contributed by atoms with Crippen LogP contribution in [0.1, 0.15) is 40.5 Å². The lowest BCUT2D eigenvalue weighted by atomic mass is 10.0. The van der Waals surface area contributed by atoms with Gasteiger partial charge in [0.25, 0.3) is 0 Å². The second-order valence-electron chi connectivity index (χ2n) is 4.96. The van der Waals surface area contributed by atoms with E-state index >= 15 is 0 Å². The number of rotatable bonds is 7. The van der Waals surface area contributed by atoms with E-state index in [1.54, 1.807) is 18.9 Å². The van der Waals surface area contributed by atoms with Gasteiger partial charge in [0.2, 0.25) is 5.91 Å². The van der Waals surface area contributed by atoms with Crippen LogP contribution < -0.4 is 5.32 Å². The molecule has 0 bridgehead atoms. The van der Waals surface area contributed by atoms with E-state index in [9.17, 15) is 9.59 Å². The first-order valence-corrected chi connectivity index (χ1v) is 5.97. The van der Waals surface area contributed by atoms with E-state index < -0.39 is 12.0 Å². The minimum absolute atomic E-state index is 0.105. The average molecular weight is 244 g/mol. The highest BCUT2D eigenvalue weighted by atomic mass is 16.4. The Hall–Kier alpha value is -1.10. The number of carboxylic acids is 1. The summed E-state index contributed by atoms with van der Waals surface area (Å²) in [6.45, 7) is 7.78. The highest BCUT2D eigenvalue weighted by molar-refractivity contribution is 5.80. The molecule has 0 rings (SSSR count). The van der Waals surface area contributed by atoms with Gasteiger partial charge in [-0.2, -0.15) is 0 Å². The Morgan fingerprint density at radius 2 is 1.88 bits per heavy atom. The standard InChI is InChI=1S/C12H24N2O3/c1-6-9(11(16)17)14(5)8-10(15)13-12(3,4)7-2/h9H,6-8H2,1-5H3,(H,13,15)(H,16,17). The smallest absolute Gasteiger partial charge is 0.320 e. The number of aliphatic carboxylic acids is 1. The summed E-state index contributed by atoms with van der Waals surface area (Å²) in [6, 6.07) is -0.606. The molecule has 0 heterocycles. The third kappa shape index (κ3) is 5.68. The zero-order valence-electron chi connectivity index (χ0n) is 11.4. The number of carbonyl (C=O) groups is 2. The van der Waals surface area contributed by atoms with Crippen LogP contribution in [0.4, 0.5) is 0 Å². The zero-order valence-corrected chi connectivity index (χ0v) is 11.4. The van der Waals surface area contributed by atoms with Crippen LogP contribution in [-0.4, -0.2) is 47.1 Å². The zero-order chi connectivity index (χ0) is 13.6. The summed E-state index contributed by atoms with van der Waals surface area (Å²) in [5.74, 6) is -1.03. The Morgan fingerprint density at radius 3 is 2.24 bits per heavy atom.